The monoisotopic (exact) mass is 487 g/mol. The van der Waals surface area contributed by atoms with E-state index in [0.29, 0.717) is 5.52 Å². The fourth-order valence-electron chi connectivity index (χ4n) is 4.20. The van der Waals surface area contributed by atoms with Gasteiger partial charge in [-0.2, -0.15) is 17.6 Å². The molecule has 4 rings (SSSR count). The number of pyridine rings is 1. The molecule has 0 unspecified atom stereocenters. The Kier molecular flexibility index (Phi) is 5.56. The molecule has 1 aliphatic heterocycles. The molecule has 0 saturated carbocycles. The van der Waals surface area contributed by atoms with Crippen LogP contribution in [0.25, 0.3) is 10.2 Å². The molecule has 12 heteroatoms. The van der Waals surface area contributed by atoms with Gasteiger partial charge in [0.15, 0.2) is 17.2 Å². The molecule has 176 valence electrons. The highest BCUT2D eigenvalue weighted by Gasteiger charge is 2.65. The lowest BCUT2D eigenvalue weighted by molar-refractivity contribution is -0.275. The van der Waals surface area contributed by atoms with Crippen LogP contribution in [0.3, 0.4) is 0 Å². The first-order valence-electron chi connectivity index (χ1n) is 9.72. The third-order valence-electron chi connectivity index (χ3n) is 6.11. The lowest BCUT2D eigenvalue weighted by atomic mass is 9.77. The van der Waals surface area contributed by atoms with Gasteiger partial charge in [-0.05, 0) is 19.1 Å². The third-order valence-corrected chi connectivity index (χ3v) is 7.25. The van der Waals surface area contributed by atoms with E-state index in [1.807, 2.05) is 0 Å². The topological polar surface area (TPSA) is 87.3 Å². The van der Waals surface area contributed by atoms with Crippen LogP contribution in [0.4, 0.5) is 22.0 Å². The van der Waals surface area contributed by atoms with Crippen molar-refractivity contribution in [3.63, 3.8) is 0 Å². The zero-order valence-electron chi connectivity index (χ0n) is 17.5. The average molecular weight is 487 g/mol. The molecule has 33 heavy (non-hydrogen) atoms. The summed E-state index contributed by atoms with van der Waals surface area (Å²) in [5.41, 5.74) is 2.96. The fraction of sp³-hybridized carbons (Fsp3) is 0.381. The van der Waals surface area contributed by atoms with E-state index in [0.717, 1.165) is 31.4 Å². The number of primary amides is 1. The minimum absolute atomic E-state index is 0.00869. The zero-order valence-corrected chi connectivity index (χ0v) is 18.4. The van der Waals surface area contributed by atoms with Gasteiger partial charge < -0.3 is 15.2 Å². The Morgan fingerprint density at radius 1 is 1.27 bits per heavy atom. The number of carbonyl (C=O) groups excluding carboxylic acids is 1. The summed E-state index contributed by atoms with van der Waals surface area (Å²) < 4.78 is 81.5. The Morgan fingerprint density at radius 3 is 2.58 bits per heavy atom. The highest BCUT2D eigenvalue weighted by atomic mass is 32.1. The maximum atomic E-state index is 14.5. The van der Waals surface area contributed by atoms with E-state index >= 15 is 0 Å². The van der Waals surface area contributed by atoms with Crippen molar-refractivity contribution in [3.05, 3.63) is 52.3 Å². The molecule has 0 bridgehead atoms. The molecule has 1 amide bonds. The van der Waals surface area contributed by atoms with Crippen molar-refractivity contribution in [2.45, 2.75) is 37.6 Å². The van der Waals surface area contributed by atoms with Crippen molar-refractivity contribution in [2.75, 3.05) is 7.11 Å². The summed E-state index contributed by atoms with van der Waals surface area (Å²) in [4.78, 5) is 20.0. The van der Waals surface area contributed by atoms with Crippen LogP contribution >= 0.6 is 11.3 Å². The van der Waals surface area contributed by atoms with Crippen molar-refractivity contribution < 1.29 is 36.2 Å². The second-order valence-electron chi connectivity index (χ2n) is 7.87. The number of amides is 1. The minimum atomic E-state index is -4.78. The van der Waals surface area contributed by atoms with Crippen LogP contribution in [0, 0.1) is 17.6 Å². The second kappa shape index (κ2) is 7.87. The summed E-state index contributed by atoms with van der Waals surface area (Å²) in [6.07, 6.45) is -4.77. The van der Waals surface area contributed by atoms with Crippen molar-refractivity contribution in [2.24, 2.45) is 11.7 Å². The largest absolute Gasteiger partial charge is 0.493 e. The number of halogens is 5. The molecule has 3 aromatic rings. The molecule has 6 nitrogen and oxygen atoms in total. The molecule has 1 aliphatic rings. The van der Waals surface area contributed by atoms with Crippen LogP contribution < -0.4 is 10.5 Å². The SMILES string of the molecule is COc1c([C@H]2[C@H](c3nc4ccnc(C(N)=O)c4s3)O[C@@](C)(C(F)(F)F)[C@H]2C)ccc(F)c1F. The predicted molar refractivity (Wildman–Crippen MR) is 109 cm³/mol. The number of ether oxygens (including phenoxy) is 2. The summed E-state index contributed by atoms with van der Waals surface area (Å²) >= 11 is 0.907. The summed E-state index contributed by atoms with van der Waals surface area (Å²) in [5.74, 6) is -6.18. The molecule has 0 radical (unpaired) electrons. The quantitative estimate of drug-likeness (QED) is 0.530. The Bertz CT molecular complexity index is 1250. The number of alkyl halides is 3. The van der Waals surface area contributed by atoms with E-state index < -0.39 is 53.0 Å². The van der Waals surface area contributed by atoms with E-state index in [-0.39, 0.29) is 21.0 Å². The number of aromatic nitrogens is 2. The summed E-state index contributed by atoms with van der Waals surface area (Å²) in [5, 5.41) is 0.108. The normalized spacial score (nSPS) is 25.5. The Balaban J connectivity index is 1.94. The molecule has 3 heterocycles. The first-order valence-corrected chi connectivity index (χ1v) is 10.5. The number of fused-ring (bicyclic) bond motifs is 1. The summed E-state index contributed by atoms with van der Waals surface area (Å²) in [7, 11) is 1.10. The van der Waals surface area contributed by atoms with Crippen molar-refractivity contribution in [3.8, 4) is 5.75 Å². The lowest BCUT2D eigenvalue weighted by Crippen LogP contribution is -2.46. The lowest BCUT2D eigenvalue weighted by Gasteiger charge is -2.32. The number of nitrogens with zero attached hydrogens (tertiary/aromatic N) is 2. The van der Waals surface area contributed by atoms with E-state index in [1.165, 1.54) is 25.3 Å². The molecule has 0 aliphatic carbocycles. The van der Waals surface area contributed by atoms with Gasteiger partial charge in [-0.3, -0.25) is 4.79 Å². The standard InChI is InChI=1S/C21H18F5N3O3S/c1-8-12(9-4-5-10(22)13(23)15(9)31-3)16(32-20(8,2)21(24,25)26)19-29-11-6-7-28-14(18(27)30)17(11)33-19/h4-8,12,16H,1-3H3,(H2,27,30)/t8-,12-,16+,20+/m0/s1. The molecule has 4 atom stereocenters. The molecule has 1 fully saturated rings. The second-order valence-corrected chi connectivity index (χ2v) is 8.90. The number of hydrogen-bond acceptors (Lipinski definition) is 6. The Labute approximate surface area is 188 Å². The van der Waals surface area contributed by atoms with Crippen molar-refractivity contribution in [1.29, 1.82) is 0 Å². The average Bonchev–Trinajstić information content (AvgIpc) is 3.29. The van der Waals surface area contributed by atoms with Crippen molar-refractivity contribution >= 4 is 27.5 Å². The van der Waals surface area contributed by atoms with Gasteiger partial charge in [0.1, 0.15) is 16.8 Å². The smallest absolute Gasteiger partial charge is 0.417 e. The van der Waals surface area contributed by atoms with Crippen LogP contribution in [0.2, 0.25) is 0 Å². The van der Waals surface area contributed by atoms with E-state index in [4.69, 9.17) is 15.2 Å². The Hall–Kier alpha value is -2.86. The number of thiazole rings is 1. The number of benzene rings is 1. The van der Waals surface area contributed by atoms with Gasteiger partial charge in [-0.1, -0.05) is 13.0 Å². The van der Waals surface area contributed by atoms with E-state index in [1.54, 1.807) is 0 Å². The highest BCUT2D eigenvalue weighted by Crippen LogP contribution is 2.60. The van der Waals surface area contributed by atoms with Gasteiger partial charge in [-0.25, -0.2) is 14.4 Å². The number of rotatable bonds is 4. The number of carbonyl (C=O) groups is 1. The first kappa shape index (κ1) is 23.3. The molecule has 1 aromatic carbocycles. The number of nitrogens with two attached hydrogens (primary N) is 1. The van der Waals surface area contributed by atoms with Crippen LogP contribution in [0.15, 0.2) is 24.4 Å². The highest BCUT2D eigenvalue weighted by molar-refractivity contribution is 7.19. The van der Waals surface area contributed by atoms with E-state index in [2.05, 4.69) is 9.97 Å². The zero-order chi connectivity index (χ0) is 24.3. The van der Waals surface area contributed by atoms with Gasteiger partial charge in [0.2, 0.25) is 5.82 Å². The predicted octanol–water partition coefficient (Wildman–Crippen LogP) is 4.89. The van der Waals surface area contributed by atoms with Gasteiger partial charge in [0, 0.05) is 23.6 Å². The van der Waals surface area contributed by atoms with Gasteiger partial charge >= 0.3 is 6.18 Å². The number of hydrogen-bond donors (Lipinski definition) is 1. The molecule has 2 N–H and O–H groups in total. The van der Waals surface area contributed by atoms with Crippen LogP contribution in [0.5, 0.6) is 5.75 Å². The van der Waals surface area contributed by atoms with Crippen LogP contribution in [-0.4, -0.2) is 34.8 Å². The maximum absolute atomic E-state index is 14.5. The molecular formula is C21H18F5N3O3S. The number of methoxy groups -OCH3 is 1. The van der Waals surface area contributed by atoms with Gasteiger partial charge in [-0.15, -0.1) is 11.3 Å². The molecule has 2 aromatic heterocycles. The third kappa shape index (κ3) is 3.52. The van der Waals surface area contributed by atoms with Gasteiger partial charge in [0.05, 0.1) is 17.3 Å². The molecule has 0 spiro atoms. The van der Waals surface area contributed by atoms with Crippen LogP contribution in [-0.2, 0) is 4.74 Å². The van der Waals surface area contributed by atoms with Crippen molar-refractivity contribution in [1.82, 2.24) is 9.97 Å². The minimum Gasteiger partial charge on any atom is -0.493 e. The summed E-state index contributed by atoms with van der Waals surface area (Å²) in [6, 6.07) is 3.49. The fourth-order valence-corrected chi connectivity index (χ4v) is 5.33. The Morgan fingerprint density at radius 2 is 1.97 bits per heavy atom. The first-order chi connectivity index (χ1) is 15.4. The maximum Gasteiger partial charge on any atom is 0.417 e. The van der Waals surface area contributed by atoms with Crippen LogP contribution in [0.1, 0.15) is 46.9 Å². The molecule has 1 saturated heterocycles. The molecular weight excluding hydrogens is 469 g/mol. The van der Waals surface area contributed by atoms with E-state index in [9.17, 15) is 26.7 Å². The summed E-state index contributed by atoms with van der Waals surface area (Å²) in [6.45, 7) is 2.23. The van der Waals surface area contributed by atoms with Gasteiger partial charge in [0.25, 0.3) is 5.91 Å².